The molecule has 2 saturated carbocycles. The molecular formula is C21H20FN5O3. The topological polar surface area (TPSA) is 102 Å². The maximum atomic E-state index is 14.7. The first-order chi connectivity index (χ1) is 14.6. The van der Waals surface area contributed by atoms with E-state index in [9.17, 15) is 9.18 Å². The van der Waals surface area contributed by atoms with E-state index in [0.29, 0.717) is 41.6 Å². The van der Waals surface area contributed by atoms with E-state index in [-0.39, 0.29) is 18.1 Å². The summed E-state index contributed by atoms with van der Waals surface area (Å²) in [5.74, 6) is 1.30. The lowest BCUT2D eigenvalue weighted by Gasteiger charge is -2.34. The lowest BCUT2D eigenvalue weighted by Crippen LogP contribution is -2.43. The summed E-state index contributed by atoms with van der Waals surface area (Å²) in [5, 5.41) is 20.0. The number of benzene rings is 1. The number of hydrogen-bond donors (Lipinski definition) is 2. The molecule has 0 aliphatic heterocycles. The summed E-state index contributed by atoms with van der Waals surface area (Å²) >= 11 is 0. The fourth-order valence-electron chi connectivity index (χ4n) is 3.68. The molecule has 154 valence electrons. The third kappa shape index (κ3) is 3.58. The number of pyridine rings is 1. The van der Waals surface area contributed by atoms with Gasteiger partial charge in [-0.25, -0.2) is 14.2 Å². The Morgan fingerprint density at radius 2 is 1.97 bits per heavy atom. The number of para-hydroxylation sites is 1. The van der Waals surface area contributed by atoms with Gasteiger partial charge in [-0.2, -0.15) is 0 Å². The summed E-state index contributed by atoms with van der Waals surface area (Å²) in [5.41, 5.74) is 0.891. The number of halogens is 1. The van der Waals surface area contributed by atoms with Crippen LogP contribution < -0.4 is 10.1 Å². The normalized spacial score (nSPS) is 20.4. The van der Waals surface area contributed by atoms with Gasteiger partial charge in [-0.15, -0.1) is 10.2 Å². The van der Waals surface area contributed by atoms with Crippen molar-refractivity contribution in [1.29, 1.82) is 0 Å². The van der Waals surface area contributed by atoms with Crippen LogP contribution in [0.25, 0.3) is 17.2 Å². The van der Waals surface area contributed by atoms with Crippen LogP contribution in [0, 0.1) is 5.82 Å². The molecule has 0 spiro atoms. The smallest absolute Gasteiger partial charge is 0.404 e. The van der Waals surface area contributed by atoms with Crippen LogP contribution in [0.15, 0.2) is 42.6 Å². The predicted molar refractivity (Wildman–Crippen MR) is 105 cm³/mol. The second-order valence-electron chi connectivity index (χ2n) is 7.68. The number of ether oxygens (including phenoxy) is 1. The summed E-state index contributed by atoms with van der Waals surface area (Å²) in [6.07, 6.45) is 4.16. The van der Waals surface area contributed by atoms with Crippen molar-refractivity contribution in [2.24, 2.45) is 0 Å². The minimum atomic E-state index is -1.05. The zero-order valence-corrected chi connectivity index (χ0v) is 16.0. The summed E-state index contributed by atoms with van der Waals surface area (Å²) < 4.78 is 22.1. The third-order valence-corrected chi connectivity index (χ3v) is 5.40. The van der Waals surface area contributed by atoms with Crippen LogP contribution in [-0.4, -0.2) is 43.1 Å². The number of nitrogens with one attached hydrogen (secondary N) is 1. The van der Waals surface area contributed by atoms with Crippen molar-refractivity contribution in [3.63, 3.8) is 0 Å². The molecule has 1 aromatic carbocycles. The molecule has 2 fully saturated rings. The zero-order valence-electron chi connectivity index (χ0n) is 16.0. The lowest BCUT2D eigenvalue weighted by atomic mass is 9.79. The maximum Gasteiger partial charge on any atom is 0.404 e. The van der Waals surface area contributed by atoms with Gasteiger partial charge in [0.25, 0.3) is 0 Å². The highest BCUT2D eigenvalue weighted by molar-refractivity contribution is 5.65. The van der Waals surface area contributed by atoms with E-state index in [2.05, 4.69) is 20.5 Å². The number of carbonyl (C=O) groups is 1. The van der Waals surface area contributed by atoms with Crippen LogP contribution in [0.1, 0.15) is 37.4 Å². The van der Waals surface area contributed by atoms with Gasteiger partial charge >= 0.3 is 6.09 Å². The minimum Gasteiger partial charge on any atom is -0.489 e. The second-order valence-corrected chi connectivity index (χ2v) is 7.68. The van der Waals surface area contributed by atoms with Crippen LogP contribution in [0.4, 0.5) is 9.18 Å². The summed E-state index contributed by atoms with van der Waals surface area (Å²) in [7, 11) is 0. The van der Waals surface area contributed by atoms with Crippen molar-refractivity contribution < 1.29 is 19.0 Å². The molecule has 0 bridgehead atoms. The molecule has 2 heterocycles. The number of amides is 1. The van der Waals surface area contributed by atoms with Gasteiger partial charge in [0.15, 0.2) is 5.82 Å². The van der Waals surface area contributed by atoms with E-state index in [1.54, 1.807) is 35.0 Å². The molecule has 0 radical (unpaired) electrons. The molecule has 1 amide bonds. The van der Waals surface area contributed by atoms with Crippen LogP contribution >= 0.6 is 0 Å². The van der Waals surface area contributed by atoms with Gasteiger partial charge in [0, 0.05) is 12.0 Å². The molecule has 2 aliphatic carbocycles. The summed E-state index contributed by atoms with van der Waals surface area (Å²) in [6, 6.07) is 9.91. The Labute approximate surface area is 171 Å². The van der Waals surface area contributed by atoms with Crippen LogP contribution in [0.3, 0.4) is 0 Å². The Balaban J connectivity index is 1.49. The van der Waals surface area contributed by atoms with Crippen molar-refractivity contribution in [3.8, 4) is 23.0 Å². The standard InChI is InChI=1S/C21H20FN5O3/c22-16-3-1-2-4-18(16)27-19(12-9-13(10-12)24-21(28)29)25-26-20(27)17-8-7-15(11-23-17)30-14-5-6-14/h1-4,7-8,11-14,24H,5-6,9-10H2,(H,28,29). The number of rotatable bonds is 6. The quantitative estimate of drug-likeness (QED) is 0.646. The first-order valence-electron chi connectivity index (χ1n) is 9.91. The van der Waals surface area contributed by atoms with Crippen LogP contribution in [-0.2, 0) is 0 Å². The van der Waals surface area contributed by atoms with E-state index >= 15 is 0 Å². The summed E-state index contributed by atoms with van der Waals surface area (Å²) in [4.78, 5) is 15.3. The highest BCUT2D eigenvalue weighted by Gasteiger charge is 2.36. The number of hydrogen-bond acceptors (Lipinski definition) is 5. The highest BCUT2D eigenvalue weighted by Crippen LogP contribution is 2.39. The Hall–Kier alpha value is -3.49. The maximum absolute atomic E-state index is 14.7. The van der Waals surface area contributed by atoms with Gasteiger partial charge < -0.3 is 15.2 Å². The highest BCUT2D eigenvalue weighted by atomic mass is 19.1. The fourth-order valence-corrected chi connectivity index (χ4v) is 3.68. The molecule has 5 rings (SSSR count). The van der Waals surface area contributed by atoms with Crippen LogP contribution in [0.5, 0.6) is 5.75 Å². The number of carboxylic acid groups (broad SMARTS) is 1. The Kier molecular flexibility index (Phi) is 4.57. The molecule has 2 N–H and O–H groups in total. The van der Waals surface area contributed by atoms with E-state index in [1.165, 1.54) is 6.07 Å². The van der Waals surface area contributed by atoms with Crippen molar-refractivity contribution in [1.82, 2.24) is 25.1 Å². The van der Waals surface area contributed by atoms with Crippen molar-refractivity contribution >= 4 is 6.09 Å². The Morgan fingerprint density at radius 1 is 1.17 bits per heavy atom. The van der Waals surface area contributed by atoms with E-state index < -0.39 is 11.9 Å². The molecule has 30 heavy (non-hydrogen) atoms. The van der Waals surface area contributed by atoms with Crippen LogP contribution in [0.2, 0.25) is 0 Å². The monoisotopic (exact) mass is 409 g/mol. The van der Waals surface area contributed by atoms with Crippen molar-refractivity contribution in [3.05, 3.63) is 54.2 Å². The molecular weight excluding hydrogens is 389 g/mol. The lowest BCUT2D eigenvalue weighted by molar-refractivity contribution is 0.176. The average Bonchev–Trinajstić information content (AvgIpc) is 3.41. The van der Waals surface area contributed by atoms with E-state index in [1.807, 2.05) is 6.07 Å². The molecule has 3 aromatic rings. The van der Waals surface area contributed by atoms with Gasteiger partial charge in [0.05, 0.1) is 18.0 Å². The van der Waals surface area contributed by atoms with Crippen molar-refractivity contribution in [2.75, 3.05) is 0 Å². The molecule has 0 saturated heterocycles. The largest absolute Gasteiger partial charge is 0.489 e. The molecule has 2 aromatic heterocycles. The fraction of sp³-hybridized carbons (Fsp3) is 0.333. The summed E-state index contributed by atoms with van der Waals surface area (Å²) in [6.45, 7) is 0. The van der Waals surface area contributed by atoms with Gasteiger partial charge in [0.2, 0.25) is 0 Å². The first-order valence-corrected chi connectivity index (χ1v) is 9.91. The van der Waals surface area contributed by atoms with E-state index in [0.717, 1.165) is 12.8 Å². The molecule has 8 nitrogen and oxygen atoms in total. The minimum absolute atomic E-state index is 0.0276. The SMILES string of the molecule is O=C(O)NC1CC(c2nnc(-c3ccc(OC4CC4)cn3)n2-c2ccccc2F)C1. The third-order valence-electron chi connectivity index (χ3n) is 5.40. The van der Waals surface area contributed by atoms with Gasteiger partial charge in [-0.3, -0.25) is 4.57 Å². The Morgan fingerprint density at radius 3 is 2.63 bits per heavy atom. The molecule has 9 heteroatoms. The second kappa shape index (κ2) is 7.40. The zero-order chi connectivity index (χ0) is 20.7. The van der Waals surface area contributed by atoms with E-state index in [4.69, 9.17) is 9.84 Å². The van der Waals surface area contributed by atoms with Gasteiger partial charge in [-0.05, 0) is 49.9 Å². The van der Waals surface area contributed by atoms with Gasteiger partial charge in [0.1, 0.15) is 23.1 Å². The first kappa shape index (κ1) is 18.5. The average molecular weight is 409 g/mol. The number of nitrogens with zero attached hydrogens (tertiary/aromatic N) is 4. The van der Waals surface area contributed by atoms with Crippen molar-refractivity contribution in [2.45, 2.75) is 43.7 Å². The molecule has 0 unspecified atom stereocenters. The predicted octanol–water partition coefficient (Wildman–Crippen LogP) is 3.52. The molecule has 2 aliphatic rings. The Bertz CT molecular complexity index is 1070. The molecule has 0 atom stereocenters. The number of aromatic nitrogens is 4. The van der Waals surface area contributed by atoms with Gasteiger partial charge in [-0.1, -0.05) is 12.1 Å².